The molecule has 2 aromatic rings. The number of Topliss-reactive ketones (excluding diaryl/α,β-unsaturated/α-hetero) is 1. The zero-order valence-electron chi connectivity index (χ0n) is 22.8. The highest BCUT2D eigenvalue weighted by atomic mass is 16.3. The highest BCUT2D eigenvalue weighted by molar-refractivity contribution is 6.04. The van der Waals surface area contributed by atoms with Crippen LogP contribution in [0.2, 0.25) is 0 Å². The van der Waals surface area contributed by atoms with Crippen molar-refractivity contribution in [2.75, 3.05) is 36.4 Å². The Balaban J connectivity index is 1.19. The number of fused-ring (bicyclic) bond motifs is 1. The Labute approximate surface area is 229 Å². The number of anilines is 3. The summed E-state index contributed by atoms with van der Waals surface area (Å²) < 4.78 is 0. The molecular formula is C29H37N7O3. The molecular weight excluding hydrogens is 494 g/mol. The number of carbonyl (C=O) groups excluding carboxylic acids is 2. The van der Waals surface area contributed by atoms with Crippen molar-refractivity contribution in [1.82, 2.24) is 24.8 Å². The van der Waals surface area contributed by atoms with E-state index in [1.54, 1.807) is 24.5 Å². The van der Waals surface area contributed by atoms with Gasteiger partial charge in [-0.15, -0.1) is 0 Å². The van der Waals surface area contributed by atoms with Crippen LogP contribution in [0.15, 0.2) is 30.1 Å². The second kappa shape index (κ2) is 10.7. The lowest BCUT2D eigenvalue weighted by atomic mass is 9.93. The zero-order chi connectivity index (χ0) is 27.1. The van der Waals surface area contributed by atoms with Crippen LogP contribution in [0.5, 0.6) is 0 Å². The Kier molecular flexibility index (Phi) is 7.07. The Morgan fingerprint density at radius 1 is 0.974 bits per heavy atom. The van der Waals surface area contributed by atoms with Gasteiger partial charge in [0.2, 0.25) is 5.95 Å². The summed E-state index contributed by atoms with van der Waals surface area (Å²) in [5.41, 5.74) is 2.45. The van der Waals surface area contributed by atoms with Gasteiger partial charge in [0.1, 0.15) is 11.6 Å². The number of hydrogen-bond donors (Lipinski definition) is 2. The van der Waals surface area contributed by atoms with E-state index >= 15 is 0 Å². The van der Waals surface area contributed by atoms with E-state index in [9.17, 15) is 14.7 Å². The first-order chi connectivity index (χ1) is 18.9. The number of nitrogens with zero attached hydrogens (tertiary/aromatic N) is 6. The van der Waals surface area contributed by atoms with Crippen LogP contribution in [0.1, 0.15) is 74.7 Å². The number of aliphatic hydroxyl groups excluding tert-OH is 1. The number of carbonyl (C=O) groups is 2. The third-order valence-electron chi connectivity index (χ3n) is 8.80. The lowest BCUT2D eigenvalue weighted by Gasteiger charge is -2.40. The minimum Gasteiger partial charge on any atom is -0.369 e. The largest absolute Gasteiger partial charge is 0.369 e. The van der Waals surface area contributed by atoms with Crippen LogP contribution >= 0.6 is 0 Å². The summed E-state index contributed by atoms with van der Waals surface area (Å²) in [4.78, 5) is 45.6. The quantitative estimate of drug-likeness (QED) is 0.579. The zero-order valence-corrected chi connectivity index (χ0v) is 22.8. The summed E-state index contributed by atoms with van der Waals surface area (Å²) in [6.45, 7) is 7.18. The molecule has 1 saturated carbocycles. The Hall–Kier alpha value is -3.37. The molecule has 4 aliphatic rings. The minimum atomic E-state index is -1.03. The first-order valence-corrected chi connectivity index (χ1v) is 14.2. The topological polar surface area (TPSA) is 115 Å². The maximum Gasteiger partial charge on any atom is 0.255 e. The summed E-state index contributed by atoms with van der Waals surface area (Å²) in [6.07, 6.45) is 9.89. The number of aromatic nitrogens is 3. The van der Waals surface area contributed by atoms with Crippen LogP contribution in [0.4, 0.5) is 17.6 Å². The fourth-order valence-electron chi connectivity index (χ4n) is 6.71. The van der Waals surface area contributed by atoms with Gasteiger partial charge in [0.05, 0.1) is 5.56 Å². The van der Waals surface area contributed by atoms with E-state index in [0.29, 0.717) is 40.3 Å². The van der Waals surface area contributed by atoms with E-state index in [1.807, 2.05) is 16.7 Å². The molecule has 10 nitrogen and oxygen atoms in total. The molecule has 1 unspecified atom stereocenters. The standard InChI is InChI=1S/C29H37N7O3/c1-18-23-16-31-29(33-26(23)36(21-7-3-4-8-21)28(39)25(18)19(2)37)32-24-10-9-20(15-30-24)27(38)35-14-11-22(17-35)34-12-5-6-13-34/h9-10,15-16,21-22,28,39H,3-8,11-14,17H2,1-2H3,(H,30,31,32,33)/t22-,28?/m1/s1. The molecule has 2 aromatic heterocycles. The molecule has 0 spiro atoms. The lowest BCUT2D eigenvalue weighted by Crippen LogP contribution is -2.47. The van der Waals surface area contributed by atoms with E-state index in [2.05, 4.69) is 20.2 Å². The molecule has 2 N–H and O–H groups in total. The molecule has 0 radical (unpaired) electrons. The molecule has 2 atom stereocenters. The van der Waals surface area contributed by atoms with Gasteiger partial charge in [0.15, 0.2) is 12.0 Å². The number of nitrogens with one attached hydrogen (secondary N) is 1. The van der Waals surface area contributed by atoms with Gasteiger partial charge in [-0.25, -0.2) is 9.97 Å². The Bertz CT molecular complexity index is 1280. The summed E-state index contributed by atoms with van der Waals surface area (Å²) in [5.74, 6) is 1.38. The van der Waals surface area contributed by atoms with E-state index < -0.39 is 6.23 Å². The van der Waals surface area contributed by atoms with Crippen molar-refractivity contribution in [3.63, 3.8) is 0 Å². The summed E-state index contributed by atoms with van der Waals surface area (Å²) in [7, 11) is 0. The highest BCUT2D eigenvalue weighted by Crippen LogP contribution is 2.40. The van der Waals surface area contributed by atoms with Crippen LogP contribution in [0.3, 0.4) is 0 Å². The Morgan fingerprint density at radius 2 is 1.74 bits per heavy atom. The molecule has 2 saturated heterocycles. The molecule has 1 amide bonds. The molecule has 6 rings (SSSR count). The second-order valence-corrected chi connectivity index (χ2v) is 11.2. The molecule has 5 heterocycles. The number of hydrogen-bond acceptors (Lipinski definition) is 9. The van der Waals surface area contributed by atoms with Gasteiger partial charge in [0.25, 0.3) is 5.91 Å². The fourth-order valence-corrected chi connectivity index (χ4v) is 6.71. The molecule has 0 bridgehead atoms. The van der Waals surface area contributed by atoms with Gasteiger partial charge >= 0.3 is 0 Å². The summed E-state index contributed by atoms with van der Waals surface area (Å²) in [6, 6.07) is 4.15. The second-order valence-electron chi connectivity index (χ2n) is 11.2. The van der Waals surface area contributed by atoms with Crippen molar-refractivity contribution in [3.8, 4) is 0 Å². The third kappa shape index (κ3) is 4.91. The number of amides is 1. The number of allylic oxidation sites excluding steroid dienone is 1. The van der Waals surface area contributed by atoms with Crippen LogP contribution in [-0.4, -0.2) is 86.0 Å². The van der Waals surface area contributed by atoms with Gasteiger partial charge in [-0.2, -0.15) is 4.98 Å². The molecule has 10 heteroatoms. The van der Waals surface area contributed by atoms with Gasteiger partial charge in [0, 0.05) is 48.7 Å². The van der Waals surface area contributed by atoms with Crippen molar-refractivity contribution in [2.45, 2.75) is 77.1 Å². The van der Waals surface area contributed by atoms with Crippen LogP contribution in [0, 0.1) is 0 Å². The van der Waals surface area contributed by atoms with Crippen LogP contribution in [0.25, 0.3) is 5.57 Å². The molecule has 1 aliphatic carbocycles. The molecule has 3 aliphatic heterocycles. The molecule has 39 heavy (non-hydrogen) atoms. The van der Waals surface area contributed by atoms with Crippen molar-refractivity contribution < 1.29 is 14.7 Å². The number of ketones is 1. The molecule has 0 aromatic carbocycles. The normalized spacial score (nSPS) is 24.0. The number of likely N-dealkylation sites (tertiary alicyclic amines) is 2. The smallest absolute Gasteiger partial charge is 0.255 e. The fraction of sp³-hybridized carbons (Fsp3) is 0.552. The van der Waals surface area contributed by atoms with Crippen molar-refractivity contribution in [3.05, 3.63) is 41.2 Å². The number of aliphatic hydroxyl groups is 1. The molecule has 3 fully saturated rings. The minimum absolute atomic E-state index is 0.0190. The van der Waals surface area contributed by atoms with E-state index in [4.69, 9.17) is 4.98 Å². The van der Waals surface area contributed by atoms with E-state index in [1.165, 1.54) is 19.8 Å². The van der Waals surface area contributed by atoms with Crippen molar-refractivity contribution >= 4 is 34.8 Å². The molecule has 206 valence electrons. The number of rotatable bonds is 6. The van der Waals surface area contributed by atoms with Crippen molar-refractivity contribution in [2.24, 2.45) is 0 Å². The first-order valence-electron chi connectivity index (χ1n) is 14.2. The van der Waals surface area contributed by atoms with Gasteiger partial charge in [-0.3, -0.25) is 14.5 Å². The average Bonchev–Trinajstić information content (AvgIpc) is 3.72. The predicted octanol–water partition coefficient (Wildman–Crippen LogP) is 3.37. The maximum absolute atomic E-state index is 13.1. The van der Waals surface area contributed by atoms with Gasteiger partial charge in [-0.05, 0) is 76.7 Å². The Morgan fingerprint density at radius 3 is 2.44 bits per heavy atom. The summed E-state index contributed by atoms with van der Waals surface area (Å²) >= 11 is 0. The predicted molar refractivity (Wildman–Crippen MR) is 149 cm³/mol. The van der Waals surface area contributed by atoms with Crippen LogP contribution in [-0.2, 0) is 4.79 Å². The van der Waals surface area contributed by atoms with Crippen molar-refractivity contribution in [1.29, 1.82) is 0 Å². The van der Waals surface area contributed by atoms with E-state index in [0.717, 1.165) is 63.8 Å². The SMILES string of the molecule is CC(=O)C1=C(C)c2cnc(Nc3ccc(C(=O)N4CC[C@@H](N5CCCC5)C4)cn3)nc2N(C2CCCC2)C1O. The number of pyridine rings is 1. The first kappa shape index (κ1) is 25.9. The van der Waals surface area contributed by atoms with Gasteiger partial charge < -0.3 is 20.2 Å². The van der Waals surface area contributed by atoms with Crippen LogP contribution < -0.4 is 10.2 Å². The lowest BCUT2D eigenvalue weighted by molar-refractivity contribution is -0.114. The maximum atomic E-state index is 13.1. The third-order valence-corrected chi connectivity index (χ3v) is 8.80. The monoisotopic (exact) mass is 531 g/mol. The highest BCUT2D eigenvalue weighted by Gasteiger charge is 2.39. The van der Waals surface area contributed by atoms with Gasteiger partial charge in [-0.1, -0.05) is 12.8 Å². The van der Waals surface area contributed by atoms with E-state index in [-0.39, 0.29) is 17.7 Å². The summed E-state index contributed by atoms with van der Waals surface area (Å²) in [5, 5.41) is 14.4. The average molecular weight is 532 g/mol.